The van der Waals surface area contributed by atoms with Crippen molar-refractivity contribution in [2.45, 2.75) is 13.0 Å². The lowest BCUT2D eigenvalue weighted by atomic mass is 10.2. The summed E-state index contributed by atoms with van der Waals surface area (Å²) in [5.41, 5.74) is 1.33. The van der Waals surface area contributed by atoms with Crippen LogP contribution in [0.4, 0.5) is 10.5 Å². The predicted octanol–water partition coefficient (Wildman–Crippen LogP) is 0.571. The number of anilines is 1. The number of carbonyl (C=O) groups excluding carboxylic acids is 1. The van der Waals surface area contributed by atoms with Gasteiger partial charge in [0.25, 0.3) is 0 Å². The van der Waals surface area contributed by atoms with Crippen LogP contribution in [0.25, 0.3) is 0 Å². The Labute approximate surface area is 110 Å². The van der Waals surface area contributed by atoms with Crippen molar-refractivity contribution in [1.29, 1.82) is 0 Å². The van der Waals surface area contributed by atoms with Gasteiger partial charge in [0.1, 0.15) is 5.75 Å². The monoisotopic (exact) mass is 268 g/mol. The van der Waals surface area contributed by atoms with Crippen LogP contribution in [0, 0.1) is 6.92 Å². The summed E-state index contributed by atoms with van der Waals surface area (Å²) < 4.78 is 5.08. The zero-order valence-corrected chi connectivity index (χ0v) is 10.6. The molecule has 0 saturated carbocycles. The first-order valence-corrected chi connectivity index (χ1v) is 5.53. The summed E-state index contributed by atoms with van der Waals surface area (Å²) in [6.45, 7) is 1.14. The van der Waals surface area contributed by atoms with E-state index in [1.54, 1.807) is 25.3 Å². The first-order chi connectivity index (χ1) is 8.97. The highest BCUT2D eigenvalue weighted by Gasteiger charge is 2.18. The largest absolute Gasteiger partial charge is 0.496 e. The number of ether oxygens (including phenoxy) is 1. The molecule has 7 heteroatoms. The lowest BCUT2D eigenvalue weighted by Gasteiger charge is -2.13. The number of benzene rings is 1. The standard InChI is InChI=1S/C12H16N2O5/c1-7-5-8(3-4-10(7)19-2)13-12(18)14-9(6-15)11(16)17/h3-5,9,15H,6H2,1-2H3,(H,16,17)(H2,13,14,18). The fourth-order valence-electron chi connectivity index (χ4n) is 1.47. The average Bonchev–Trinajstić information content (AvgIpc) is 2.35. The van der Waals surface area contributed by atoms with Gasteiger partial charge in [-0.25, -0.2) is 9.59 Å². The molecule has 19 heavy (non-hydrogen) atoms. The lowest BCUT2D eigenvalue weighted by Crippen LogP contribution is -2.45. The third-order valence-corrected chi connectivity index (χ3v) is 2.44. The molecular weight excluding hydrogens is 252 g/mol. The van der Waals surface area contributed by atoms with Crippen LogP contribution in [0.5, 0.6) is 5.75 Å². The fourth-order valence-corrected chi connectivity index (χ4v) is 1.47. The molecule has 0 aliphatic heterocycles. The van der Waals surface area contributed by atoms with E-state index in [0.29, 0.717) is 11.4 Å². The Balaban J connectivity index is 2.67. The van der Waals surface area contributed by atoms with Gasteiger partial charge in [-0.15, -0.1) is 0 Å². The van der Waals surface area contributed by atoms with Gasteiger partial charge < -0.3 is 25.6 Å². The van der Waals surface area contributed by atoms with Gasteiger partial charge in [-0.05, 0) is 30.7 Å². The van der Waals surface area contributed by atoms with E-state index in [1.165, 1.54) is 0 Å². The normalized spacial score (nSPS) is 11.5. The molecule has 0 aliphatic carbocycles. The number of nitrogens with one attached hydrogen (secondary N) is 2. The maximum Gasteiger partial charge on any atom is 0.328 e. The lowest BCUT2D eigenvalue weighted by molar-refractivity contribution is -0.140. The molecule has 0 aromatic heterocycles. The first-order valence-electron chi connectivity index (χ1n) is 5.53. The SMILES string of the molecule is COc1ccc(NC(=O)NC(CO)C(=O)O)cc1C. The van der Waals surface area contributed by atoms with Crippen LogP contribution in [0.2, 0.25) is 0 Å². The number of hydrogen-bond acceptors (Lipinski definition) is 4. The van der Waals surface area contributed by atoms with E-state index in [2.05, 4.69) is 10.6 Å². The molecule has 7 nitrogen and oxygen atoms in total. The summed E-state index contributed by atoms with van der Waals surface area (Å²) in [6, 6.07) is 2.96. The average molecular weight is 268 g/mol. The zero-order chi connectivity index (χ0) is 14.4. The third-order valence-electron chi connectivity index (χ3n) is 2.44. The second-order valence-corrected chi connectivity index (χ2v) is 3.86. The molecule has 1 aromatic rings. The quantitative estimate of drug-likeness (QED) is 0.624. The maximum atomic E-state index is 11.5. The minimum Gasteiger partial charge on any atom is -0.496 e. The van der Waals surface area contributed by atoms with Gasteiger partial charge in [0.15, 0.2) is 6.04 Å². The summed E-state index contributed by atoms with van der Waals surface area (Å²) in [7, 11) is 1.54. The van der Waals surface area contributed by atoms with E-state index in [9.17, 15) is 9.59 Å². The number of carboxylic acids is 1. The predicted molar refractivity (Wildman–Crippen MR) is 68.4 cm³/mol. The van der Waals surface area contributed by atoms with Gasteiger partial charge in [0.2, 0.25) is 0 Å². The van der Waals surface area contributed by atoms with Gasteiger partial charge in [-0.3, -0.25) is 0 Å². The van der Waals surface area contributed by atoms with Crippen LogP contribution in [-0.2, 0) is 4.79 Å². The van der Waals surface area contributed by atoms with Crippen molar-refractivity contribution in [3.05, 3.63) is 23.8 Å². The van der Waals surface area contributed by atoms with Crippen molar-refractivity contribution in [1.82, 2.24) is 5.32 Å². The molecule has 0 fully saturated rings. The number of methoxy groups -OCH3 is 1. The Morgan fingerprint density at radius 2 is 2.11 bits per heavy atom. The van der Waals surface area contributed by atoms with Crippen molar-refractivity contribution < 1.29 is 24.5 Å². The molecule has 4 N–H and O–H groups in total. The number of aliphatic hydroxyl groups excluding tert-OH is 1. The van der Waals surface area contributed by atoms with Crippen molar-refractivity contribution in [3.63, 3.8) is 0 Å². The van der Waals surface area contributed by atoms with E-state index in [0.717, 1.165) is 5.56 Å². The van der Waals surface area contributed by atoms with Crippen molar-refractivity contribution in [2.24, 2.45) is 0 Å². The van der Waals surface area contributed by atoms with Crippen LogP contribution in [0.3, 0.4) is 0 Å². The van der Waals surface area contributed by atoms with Gasteiger partial charge in [0.05, 0.1) is 13.7 Å². The zero-order valence-electron chi connectivity index (χ0n) is 10.6. The number of urea groups is 1. The minimum atomic E-state index is -1.33. The van der Waals surface area contributed by atoms with Gasteiger partial charge in [-0.2, -0.15) is 0 Å². The van der Waals surface area contributed by atoms with E-state index in [4.69, 9.17) is 14.9 Å². The second kappa shape index (κ2) is 6.60. The highest BCUT2D eigenvalue weighted by molar-refractivity contribution is 5.92. The Kier molecular flexibility index (Phi) is 5.13. The van der Waals surface area contributed by atoms with E-state index >= 15 is 0 Å². The van der Waals surface area contributed by atoms with Crippen molar-refractivity contribution in [2.75, 3.05) is 19.0 Å². The Hall–Kier alpha value is -2.28. The van der Waals surface area contributed by atoms with Gasteiger partial charge >= 0.3 is 12.0 Å². The molecule has 104 valence electrons. The summed E-state index contributed by atoms with van der Waals surface area (Å²) in [5.74, 6) is -0.617. The van der Waals surface area contributed by atoms with E-state index < -0.39 is 24.6 Å². The molecule has 2 amide bonds. The second-order valence-electron chi connectivity index (χ2n) is 3.86. The number of aryl methyl sites for hydroxylation is 1. The molecule has 0 radical (unpaired) electrons. The number of carboxylic acid groups (broad SMARTS) is 1. The van der Waals surface area contributed by atoms with Crippen LogP contribution >= 0.6 is 0 Å². The number of aliphatic carboxylic acids is 1. The fraction of sp³-hybridized carbons (Fsp3) is 0.333. The summed E-state index contributed by atoms with van der Waals surface area (Å²) in [4.78, 5) is 22.2. The van der Waals surface area contributed by atoms with Crippen LogP contribution in [0.15, 0.2) is 18.2 Å². The van der Waals surface area contributed by atoms with Crippen LogP contribution in [0.1, 0.15) is 5.56 Å². The Morgan fingerprint density at radius 3 is 2.58 bits per heavy atom. The highest BCUT2D eigenvalue weighted by Crippen LogP contribution is 2.21. The molecule has 0 aliphatic rings. The molecule has 1 atom stereocenters. The molecule has 0 saturated heterocycles. The molecule has 1 rings (SSSR count). The van der Waals surface area contributed by atoms with E-state index in [-0.39, 0.29) is 0 Å². The number of carbonyl (C=O) groups is 2. The molecule has 0 bridgehead atoms. The van der Waals surface area contributed by atoms with Gasteiger partial charge in [-0.1, -0.05) is 0 Å². The summed E-state index contributed by atoms with van der Waals surface area (Å²) in [6.07, 6.45) is 0. The first kappa shape index (κ1) is 14.8. The number of hydrogen-bond donors (Lipinski definition) is 4. The van der Waals surface area contributed by atoms with Crippen LogP contribution < -0.4 is 15.4 Å². The summed E-state index contributed by atoms with van der Waals surface area (Å²) >= 11 is 0. The third kappa shape index (κ3) is 4.14. The molecule has 0 spiro atoms. The van der Waals surface area contributed by atoms with Gasteiger partial charge in [0, 0.05) is 5.69 Å². The highest BCUT2D eigenvalue weighted by atomic mass is 16.5. The smallest absolute Gasteiger partial charge is 0.328 e. The van der Waals surface area contributed by atoms with E-state index in [1.807, 2.05) is 6.92 Å². The number of aliphatic hydroxyl groups is 1. The number of rotatable bonds is 5. The maximum absolute atomic E-state index is 11.5. The number of amides is 2. The van der Waals surface area contributed by atoms with Crippen molar-refractivity contribution in [3.8, 4) is 5.75 Å². The summed E-state index contributed by atoms with van der Waals surface area (Å²) in [5, 5.41) is 22.1. The molecular formula is C12H16N2O5. The Morgan fingerprint density at radius 1 is 1.42 bits per heavy atom. The van der Waals surface area contributed by atoms with Crippen molar-refractivity contribution >= 4 is 17.7 Å². The Bertz CT molecular complexity index is 475. The van der Waals surface area contributed by atoms with Crippen LogP contribution in [-0.4, -0.2) is 42.0 Å². The molecule has 0 heterocycles. The molecule has 1 unspecified atom stereocenters. The minimum absolute atomic E-state index is 0.498. The topological polar surface area (TPSA) is 108 Å². The molecule has 1 aromatic carbocycles.